The Morgan fingerprint density at radius 1 is 1.00 bits per heavy atom. The van der Waals surface area contributed by atoms with Crippen molar-refractivity contribution in [1.82, 2.24) is 0 Å². The van der Waals surface area contributed by atoms with Crippen molar-refractivity contribution in [3.63, 3.8) is 0 Å². The first-order chi connectivity index (χ1) is 11.4. The fourth-order valence-electron chi connectivity index (χ4n) is 2.22. The van der Waals surface area contributed by atoms with E-state index in [4.69, 9.17) is 4.74 Å². The molecule has 5 heteroatoms. The molecule has 2 amide bonds. The van der Waals surface area contributed by atoms with Gasteiger partial charge in [0.05, 0.1) is 13.0 Å². The fraction of sp³-hybridized carbons (Fsp3) is 0.263. The molecule has 24 heavy (non-hydrogen) atoms. The average molecular weight is 326 g/mol. The van der Waals surface area contributed by atoms with Crippen LogP contribution in [0.15, 0.2) is 42.5 Å². The molecule has 0 saturated carbocycles. The maximum atomic E-state index is 12.0. The molecular weight excluding hydrogens is 304 g/mol. The second-order valence-corrected chi connectivity index (χ2v) is 5.68. The number of aryl methyl sites for hydroxylation is 2. The van der Waals surface area contributed by atoms with Gasteiger partial charge in [-0.15, -0.1) is 0 Å². The van der Waals surface area contributed by atoms with Crippen LogP contribution in [0.25, 0.3) is 0 Å². The lowest BCUT2D eigenvalue weighted by Gasteiger charge is -2.11. The summed E-state index contributed by atoms with van der Waals surface area (Å²) in [7, 11) is 0. The summed E-state index contributed by atoms with van der Waals surface area (Å²) in [4.78, 5) is 23.1. The van der Waals surface area contributed by atoms with Gasteiger partial charge in [-0.2, -0.15) is 0 Å². The van der Waals surface area contributed by atoms with Gasteiger partial charge in [-0.25, -0.2) is 0 Å². The molecule has 0 heterocycles. The van der Waals surface area contributed by atoms with E-state index in [-0.39, 0.29) is 18.2 Å². The van der Waals surface area contributed by atoms with Gasteiger partial charge < -0.3 is 15.4 Å². The highest BCUT2D eigenvalue weighted by Crippen LogP contribution is 2.19. The minimum absolute atomic E-state index is 0.139. The molecule has 0 radical (unpaired) electrons. The van der Waals surface area contributed by atoms with Gasteiger partial charge in [-0.1, -0.05) is 18.2 Å². The summed E-state index contributed by atoms with van der Waals surface area (Å²) in [5, 5.41) is 5.48. The van der Waals surface area contributed by atoms with E-state index in [9.17, 15) is 9.59 Å². The van der Waals surface area contributed by atoms with Crippen LogP contribution in [-0.2, 0) is 9.59 Å². The number of carbonyl (C=O) groups excluding carboxylic acids is 2. The van der Waals surface area contributed by atoms with Crippen LogP contribution in [0.4, 0.5) is 11.4 Å². The van der Waals surface area contributed by atoms with E-state index in [1.54, 1.807) is 24.3 Å². The second kappa shape index (κ2) is 8.15. The summed E-state index contributed by atoms with van der Waals surface area (Å²) >= 11 is 0. The molecule has 0 spiro atoms. The van der Waals surface area contributed by atoms with Crippen molar-refractivity contribution in [1.29, 1.82) is 0 Å². The number of hydrogen-bond acceptors (Lipinski definition) is 3. The fourth-order valence-corrected chi connectivity index (χ4v) is 2.22. The Morgan fingerprint density at radius 3 is 2.42 bits per heavy atom. The summed E-state index contributed by atoms with van der Waals surface area (Å²) in [6, 6.07) is 13.0. The number of benzene rings is 2. The molecular formula is C19H22N2O3. The first-order valence-corrected chi connectivity index (χ1v) is 7.81. The molecule has 0 aromatic heterocycles. The molecule has 0 atom stereocenters. The Labute approximate surface area is 142 Å². The number of rotatable bonds is 6. The monoisotopic (exact) mass is 326 g/mol. The quantitative estimate of drug-likeness (QED) is 0.851. The Kier molecular flexibility index (Phi) is 5.95. The molecule has 2 aromatic carbocycles. The smallest absolute Gasteiger partial charge is 0.227 e. The Hall–Kier alpha value is -2.82. The van der Waals surface area contributed by atoms with Crippen LogP contribution in [0, 0.1) is 13.8 Å². The van der Waals surface area contributed by atoms with Crippen LogP contribution in [0.2, 0.25) is 0 Å². The lowest BCUT2D eigenvalue weighted by atomic mass is 10.1. The first kappa shape index (κ1) is 17.5. The highest BCUT2D eigenvalue weighted by molar-refractivity contribution is 5.93. The molecule has 0 aliphatic carbocycles. The topological polar surface area (TPSA) is 67.4 Å². The molecule has 0 bridgehead atoms. The third-order valence-electron chi connectivity index (χ3n) is 3.40. The van der Waals surface area contributed by atoms with Gasteiger partial charge in [0.25, 0.3) is 0 Å². The minimum atomic E-state index is -0.152. The molecule has 126 valence electrons. The highest BCUT2D eigenvalue weighted by atomic mass is 16.5. The molecule has 2 rings (SSSR count). The van der Waals surface area contributed by atoms with Crippen molar-refractivity contribution >= 4 is 23.2 Å². The Bertz CT molecular complexity index is 741. The number of amides is 2. The van der Waals surface area contributed by atoms with Crippen molar-refractivity contribution in [2.24, 2.45) is 0 Å². The van der Waals surface area contributed by atoms with Gasteiger partial charge >= 0.3 is 0 Å². The van der Waals surface area contributed by atoms with E-state index >= 15 is 0 Å². The predicted molar refractivity (Wildman–Crippen MR) is 95.4 cm³/mol. The van der Waals surface area contributed by atoms with Gasteiger partial charge in [0, 0.05) is 18.3 Å². The van der Waals surface area contributed by atoms with Gasteiger partial charge in [-0.3, -0.25) is 9.59 Å². The summed E-state index contributed by atoms with van der Waals surface area (Å²) in [5.41, 5.74) is 3.45. The molecule has 0 aliphatic heterocycles. The SMILES string of the molecule is CC(=O)Nc1cccc(NC(=O)CCOc2cc(C)ccc2C)c1. The highest BCUT2D eigenvalue weighted by Gasteiger charge is 2.06. The third-order valence-corrected chi connectivity index (χ3v) is 3.40. The standard InChI is InChI=1S/C19H22N2O3/c1-13-7-8-14(2)18(11-13)24-10-9-19(23)21-17-6-4-5-16(12-17)20-15(3)22/h4-8,11-12H,9-10H2,1-3H3,(H,20,22)(H,21,23). The summed E-state index contributed by atoms with van der Waals surface area (Å²) < 4.78 is 5.68. The molecule has 0 saturated heterocycles. The van der Waals surface area contributed by atoms with Crippen LogP contribution >= 0.6 is 0 Å². The van der Waals surface area contributed by atoms with Crippen LogP contribution < -0.4 is 15.4 Å². The normalized spacial score (nSPS) is 10.1. The molecule has 5 nitrogen and oxygen atoms in total. The van der Waals surface area contributed by atoms with E-state index < -0.39 is 0 Å². The van der Waals surface area contributed by atoms with Gasteiger partial charge in [0.15, 0.2) is 0 Å². The maximum Gasteiger partial charge on any atom is 0.227 e. The summed E-state index contributed by atoms with van der Waals surface area (Å²) in [5.74, 6) is 0.510. The van der Waals surface area contributed by atoms with Crippen LogP contribution in [-0.4, -0.2) is 18.4 Å². The molecule has 0 fully saturated rings. The number of ether oxygens (including phenoxy) is 1. The molecule has 2 aromatic rings. The van der Waals surface area contributed by atoms with Crippen LogP contribution in [0.3, 0.4) is 0 Å². The third kappa shape index (κ3) is 5.43. The Morgan fingerprint density at radius 2 is 1.71 bits per heavy atom. The van der Waals surface area contributed by atoms with Crippen LogP contribution in [0.5, 0.6) is 5.75 Å². The minimum Gasteiger partial charge on any atom is -0.493 e. The zero-order valence-corrected chi connectivity index (χ0v) is 14.2. The molecule has 0 unspecified atom stereocenters. The number of nitrogens with one attached hydrogen (secondary N) is 2. The van der Waals surface area contributed by atoms with Gasteiger partial charge in [-0.05, 0) is 49.2 Å². The van der Waals surface area contributed by atoms with Crippen molar-refractivity contribution < 1.29 is 14.3 Å². The number of anilines is 2. The first-order valence-electron chi connectivity index (χ1n) is 7.81. The van der Waals surface area contributed by atoms with E-state index in [0.717, 1.165) is 16.9 Å². The van der Waals surface area contributed by atoms with Crippen molar-refractivity contribution in [3.05, 3.63) is 53.6 Å². The Balaban J connectivity index is 1.85. The van der Waals surface area contributed by atoms with Crippen molar-refractivity contribution in [2.45, 2.75) is 27.2 Å². The number of hydrogen-bond donors (Lipinski definition) is 2. The zero-order chi connectivity index (χ0) is 17.5. The van der Waals surface area contributed by atoms with Crippen molar-refractivity contribution in [2.75, 3.05) is 17.2 Å². The van der Waals surface area contributed by atoms with Crippen LogP contribution in [0.1, 0.15) is 24.5 Å². The number of carbonyl (C=O) groups is 2. The van der Waals surface area contributed by atoms with E-state index in [0.29, 0.717) is 18.0 Å². The molecule has 2 N–H and O–H groups in total. The van der Waals surface area contributed by atoms with Gasteiger partial charge in [0.1, 0.15) is 5.75 Å². The summed E-state index contributed by atoms with van der Waals surface area (Å²) in [6.07, 6.45) is 0.248. The average Bonchev–Trinajstić information content (AvgIpc) is 2.50. The largest absolute Gasteiger partial charge is 0.493 e. The summed E-state index contributed by atoms with van der Waals surface area (Å²) in [6.45, 7) is 5.72. The lowest BCUT2D eigenvalue weighted by Crippen LogP contribution is -2.15. The predicted octanol–water partition coefficient (Wildman–Crippen LogP) is 3.67. The van der Waals surface area contributed by atoms with Crippen molar-refractivity contribution in [3.8, 4) is 5.75 Å². The van der Waals surface area contributed by atoms with E-state index in [1.165, 1.54) is 6.92 Å². The zero-order valence-electron chi connectivity index (χ0n) is 14.2. The van der Waals surface area contributed by atoms with Gasteiger partial charge in [0.2, 0.25) is 11.8 Å². The second-order valence-electron chi connectivity index (χ2n) is 5.68. The van der Waals surface area contributed by atoms with E-state index in [2.05, 4.69) is 10.6 Å². The van der Waals surface area contributed by atoms with E-state index in [1.807, 2.05) is 32.0 Å². The lowest BCUT2D eigenvalue weighted by molar-refractivity contribution is -0.116. The molecule has 0 aliphatic rings. The maximum absolute atomic E-state index is 12.0.